The predicted molar refractivity (Wildman–Crippen MR) is 87.1 cm³/mol. The van der Waals surface area contributed by atoms with Crippen molar-refractivity contribution in [2.75, 3.05) is 24.3 Å². The molecule has 1 aromatic carbocycles. The van der Waals surface area contributed by atoms with Crippen LogP contribution in [0.1, 0.15) is 18.5 Å². The third-order valence-electron chi connectivity index (χ3n) is 2.90. The number of hydrogen-bond acceptors (Lipinski definition) is 3. The molecule has 102 valence electrons. The lowest BCUT2D eigenvalue weighted by Crippen LogP contribution is -2.10. The number of halogens is 2. The van der Waals surface area contributed by atoms with Gasteiger partial charge in [-0.15, -0.1) is 11.3 Å². The number of nitrogens with zero attached hydrogens (tertiary/aromatic N) is 1. The van der Waals surface area contributed by atoms with Gasteiger partial charge in [-0.3, -0.25) is 0 Å². The molecule has 1 unspecified atom stereocenters. The summed E-state index contributed by atoms with van der Waals surface area (Å²) in [5.41, 5.74) is 3.20. The van der Waals surface area contributed by atoms with Crippen LogP contribution in [-0.4, -0.2) is 14.1 Å². The number of hydrogen-bond donors (Lipinski definition) is 1. The summed E-state index contributed by atoms with van der Waals surface area (Å²) < 4.78 is 0.810. The summed E-state index contributed by atoms with van der Waals surface area (Å²) in [5, 5.41) is 6.23. The summed E-state index contributed by atoms with van der Waals surface area (Å²) in [6.45, 7) is 2.10. The SMILES string of the molecule is CC(Nc1ccc(N(C)C)c(Cl)c1)c1csc(Cl)c1. The molecule has 0 radical (unpaired) electrons. The molecule has 0 aliphatic heterocycles. The third kappa shape index (κ3) is 3.56. The van der Waals surface area contributed by atoms with Crippen LogP contribution in [0.2, 0.25) is 9.36 Å². The number of anilines is 2. The quantitative estimate of drug-likeness (QED) is 0.824. The van der Waals surface area contributed by atoms with Crippen LogP contribution in [0.5, 0.6) is 0 Å². The normalized spacial score (nSPS) is 12.3. The highest BCUT2D eigenvalue weighted by Gasteiger charge is 2.09. The molecule has 2 rings (SSSR count). The first-order chi connectivity index (χ1) is 8.97. The minimum Gasteiger partial charge on any atom is -0.378 e. The fourth-order valence-corrected chi connectivity index (χ4v) is 3.18. The molecule has 0 amide bonds. The maximum Gasteiger partial charge on any atom is 0.0931 e. The molecule has 19 heavy (non-hydrogen) atoms. The Morgan fingerprint density at radius 3 is 2.47 bits per heavy atom. The Morgan fingerprint density at radius 2 is 1.95 bits per heavy atom. The molecule has 1 heterocycles. The highest BCUT2D eigenvalue weighted by atomic mass is 35.5. The van der Waals surface area contributed by atoms with Crippen molar-refractivity contribution in [3.8, 4) is 0 Å². The Hall–Kier alpha value is -0.900. The number of rotatable bonds is 4. The topological polar surface area (TPSA) is 15.3 Å². The lowest BCUT2D eigenvalue weighted by Gasteiger charge is -2.18. The van der Waals surface area contributed by atoms with Gasteiger partial charge >= 0.3 is 0 Å². The average Bonchev–Trinajstić information content (AvgIpc) is 2.75. The summed E-state index contributed by atoms with van der Waals surface area (Å²) in [4.78, 5) is 1.99. The second kappa shape index (κ2) is 6.04. The monoisotopic (exact) mass is 314 g/mol. The third-order valence-corrected chi connectivity index (χ3v) is 4.31. The molecule has 0 saturated carbocycles. The Morgan fingerprint density at radius 1 is 1.21 bits per heavy atom. The van der Waals surface area contributed by atoms with Gasteiger partial charge in [0.2, 0.25) is 0 Å². The van der Waals surface area contributed by atoms with Crippen molar-refractivity contribution < 1.29 is 0 Å². The second-order valence-electron chi connectivity index (χ2n) is 4.61. The zero-order valence-electron chi connectivity index (χ0n) is 11.1. The summed E-state index contributed by atoms with van der Waals surface area (Å²) in [6.07, 6.45) is 0. The number of nitrogens with one attached hydrogen (secondary N) is 1. The molecular formula is C14H16Cl2N2S. The molecule has 0 saturated heterocycles. The summed E-state index contributed by atoms with van der Waals surface area (Å²) >= 11 is 13.8. The molecule has 1 atom stereocenters. The molecule has 0 aliphatic rings. The van der Waals surface area contributed by atoms with Gasteiger partial charge in [-0.1, -0.05) is 23.2 Å². The molecular weight excluding hydrogens is 299 g/mol. The van der Waals surface area contributed by atoms with E-state index in [1.807, 2.05) is 43.3 Å². The maximum absolute atomic E-state index is 6.26. The lowest BCUT2D eigenvalue weighted by atomic mass is 10.1. The van der Waals surface area contributed by atoms with E-state index in [1.54, 1.807) is 11.3 Å². The second-order valence-corrected chi connectivity index (χ2v) is 6.56. The first-order valence-corrected chi connectivity index (χ1v) is 7.58. The van der Waals surface area contributed by atoms with E-state index in [-0.39, 0.29) is 6.04 Å². The van der Waals surface area contributed by atoms with Gasteiger partial charge in [0.05, 0.1) is 15.0 Å². The fraction of sp³-hybridized carbons (Fsp3) is 0.286. The molecule has 0 spiro atoms. The highest BCUT2D eigenvalue weighted by Crippen LogP contribution is 2.31. The van der Waals surface area contributed by atoms with Gasteiger partial charge in [0, 0.05) is 25.8 Å². The molecule has 2 nitrogen and oxygen atoms in total. The summed E-state index contributed by atoms with van der Waals surface area (Å²) in [5.74, 6) is 0. The van der Waals surface area contributed by atoms with E-state index in [0.717, 1.165) is 20.7 Å². The van der Waals surface area contributed by atoms with Gasteiger partial charge in [-0.25, -0.2) is 0 Å². The van der Waals surface area contributed by atoms with Crippen LogP contribution in [0.25, 0.3) is 0 Å². The molecule has 1 aromatic heterocycles. The Balaban J connectivity index is 2.13. The van der Waals surface area contributed by atoms with Crippen LogP contribution in [0.15, 0.2) is 29.6 Å². The van der Waals surface area contributed by atoms with Crippen LogP contribution in [0.3, 0.4) is 0 Å². The summed E-state index contributed by atoms with van der Waals surface area (Å²) in [7, 11) is 3.95. The largest absolute Gasteiger partial charge is 0.378 e. The number of thiophene rings is 1. The molecule has 0 bridgehead atoms. The van der Waals surface area contributed by atoms with E-state index in [1.165, 1.54) is 5.56 Å². The maximum atomic E-state index is 6.26. The number of benzene rings is 1. The van der Waals surface area contributed by atoms with Crippen LogP contribution < -0.4 is 10.2 Å². The first kappa shape index (κ1) is 14.5. The van der Waals surface area contributed by atoms with Crippen molar-refractivity contribution in [3.63, 3.8) is 0 Å². The predicted octanol–water partition coefficient (Wildman–Crippen LogP) is 5.29. The minimum absolute atomic E-state index is 0.199. The van der Waals surface area contributed by atoms with Gasteiger partial charge in [0.1, 0.15) is 0 Å². The van der Waals surface area contributed by atoms with E-state index < -0.39 is 0 Å². The van der Waals surface area contributed by atoms with E-state index in [9.17, 15) is 0 Å². The van der Waals surface area contributed by atoms with Crippen molar-refractivity contribution in [1.29, 1.82) is 0 Å². The van der Waals surface area contributed by atoms with Crippen molar-refractivity contribution >= 4 is 45.9 Å². The van der Waals surface area contributed by atoms with Crippen molar-refractivity contribution in [2.45, 2.75) is 13.0 Å². The summed E-state index contributed by atoms with van der Waals surface area (Å²) in [6, 6.07) is 8.18. The standard InChI is InChI=1S/C14H16Cl2N2S/c1-9(10-6-14(16)19-8-10)17-11-4-5-13(18(2)3)12(15)7-11/h4-9,17H,1-3H3. The van der Waals surface area contributed by atoms with E-state index >= 15 is 0 Å². The Bertz CT molecular complexity index is 566. The highest BCUT2D eigenvalue weighted by molar-refractivity contribution is 7.14. The van der Waals surface area contributed by atoms with Crippen molar-refractivity contribution in [2.24, 2.45) is 0 Å². The average molecular weight is 315 g/mol. The van der Waals surface area contributed by atoms with Gasteiger partial charge in [0.15, 0.2) is 0 Å². The van der Waals surface area contributed by atoms with Crippen LogP contribution in [-0.2, 0) is 0 Å². The van der Waals surface area contributed by atoms with Gasteiger partial charge < -0.3 is 10.2 Å². The van der Waals surface area contributed by atoms with Gasteiger partial charge in [-0.2, -0.15) is 0 Å². The molecule has 0 aliphatic carbocycles. The fourth-order valence-electron chi connectivity index (χ4n) is 1.84. The van der Waals surface area contributed by atoms with Crippen LogP contribution in [0.4, 0.5) is 11.4 Å². The van der Waals surface area contributed by atoms with Crippen molar-refractivity contribution in [1.82, 2.24) is 0 Å². The molecule has 1 N–H and O–H groups in total. The van der Waals surface area contributed by atoms with Crippen LogP contribution in [0, 0.1) is 0 Å². The van der Waals surface area contributed by atoms with E-state index in [2.05, 4.69) is 17.6 Å². The zero-order valence-corrected chi connectivity index (χ0v) is 13.4. The Labute approximate surface area is 128 Å². The zero-order chi connectivity index (χ0) is 14.0. The minimum atomic E-state index is 0.199. The van der Waals surface area contributed by atoms with Crippen molar-refractivity contribution in [3.05, 3.63) is 44.6 Å². The van der Waals surface area contributed by atoms with Gasteiger partial charge in [-0.05, 0) is 42.1 Å². The smallest absolute Gasteiger partial charge is 0.0931 e. The molecule has 0 fully saturated rings. The van der Waals surface area contributed by atoms with Gasteiger partial charge in [0.25, 0.3) is 0 Å². The lowest BCUT2D eigenvalue weighted by molar-refractivity contribution is 0.890. The van der Waals surface area contributed by atoms with Crippen LogP contribution >= 0.6 is 34.5 Å². The van der Waals surface area contributed by atoms with E-state index in [4.69, 9.17) is 23.2 Å². The first-order valence-electron chi connectivity index (χ1n) is 5.94. The molecule has 5 heteroatoms. The van der Waals surface area contributed by atoms with E-state index in [0.29, 0.717) is 0 Å². The Kier molecular flexibility index (Phi) is 4.61. The molecule has 2 aromatic rings.